The van der Waals surface area contributed by atoms with Gasteiger partial charge in [-0.15, -0.1) is 11.3 Å². The van der Waals surface area contributed by atoms with E-state index in [1.807, 2.05) is 43.5 Å². The number of methoxy groups -OCH3 is 1. The fourth-order valence-corrected chi connectivity index (χ4v) is 4.54. The molecule has 0 saturated heterocycles. The minimum Gasteiger partial charge on any atom is -0.494 e. The molecule has 164 valence electrons. The van der Waals surface area contributed by atoms with Gasteiger partial charge in [-0.05, 0) is 50.1 Å². The highest BCUT2D eigenvalue weighted by molar-refractivity contribution is 7.17. The number of fused-ring (bicyclic) bond motifs is 1. The topological polar surface area (TPSA) is 70.4 Å². The summed E-state index contributed by atoms with van der Waals surface area (Å²) in [6.07, 6.45) is 0.649. The lowest BCUT2D eigenvalue weighted by atomic mass is 10.1. The average Bonchev–Trinajstić information content (AvgIpc) is 3.22. The van der Waals surface area contributed by atoms with Crippen LogP contribution in [0, 0.1) is 13.8 Å². The van der Waals surface area contributed by atoms with Crippen LogP contribution >= 0.6 is 11.3 Å². The van der Waals surface area contributed by atoms with Crippen molar-refractivity contribution in [2.24, 2.45) is 0 Å². The fourth-order valence-electron chi connectivity index (χ4n) is 3.55. The number of benzene rings is 2. The summed E-state index contributed by atoms with van der Waals surface area (Å²) < 4.78 is 12.2. The highest BCUT2D eigenvalue weighted by Crippen LogP contribution is 2.31. The number of hydrogen-bond acceptors (Lipinski definition) is 6. The van der Waals surface area contributed by atoms with Crippen LogP contribution < -0.4 is 10.3 Å². The third kappa shape index (κ3) is 4.43. The molecular weight excluding hydrogens is 424 g/mol. The second-order valence-electron chi connectivity index (χ2n) is 7.53. The first-order chi connectivity index (χ1) is 15.5. The number of rotatable bonds is 7. The number of nitrogens with zero attached hydrogens (tertiary/aromatic N) is 2. The maximum absolute atomic E-state index is 13.3. The van der Waals surface area contributed by atoms with Crippen LogP contribution in [0.5, 0.6) is 5.75 Å². The summed E-state index contributed by atoms with van der Waals surface area (Å²) in [6, 6.07) is 15.0. The highest BCUT2D eigenvalue weighted by Gasteiger charge is 2.15. The molecule has 0 radical (unpaired) electrons. The summed E-state index contributed by atoms with van der Waals surface area (Å²) in [6.45, 7) is 4.86. The number of esters is 1. The molecule has 4 rings (SSSR count). The highest BCUT2D eigenvalue weighted by atomic mass is 32.1. The van der Waals surface area contributed by atoms with Crippen molar-refractivity contribution in [2.75, 3.05) is 13.7 Å². The van der Waals surface area contributed by atoms with Gasteiger partial charge in [-0.3, -0.25) is 9.36 Å². The summed E-state index contributed by atoms with van der Waals surface area (Å²) in [7, 11) is 1.35. The molecule has 0 N–H and O–H groups in total. The van der Waals surface area contributed by atoms with Crippen LogP contribution in [0.1, 0.15) is 28.2 Å². The first-order valence-electron chi connectivity index (χ1n) is 10.3. The van der Waals surface area contributed by atoms with Crippen LogP contribution in [0.25, 0.3) is 21.3 Å². The van der Waals surface area contributed by atoms with E-state index in [2.05, 4.69) is 4.98 Å². The Morgan fingerprint density at radius 1 is 1.06 bits per heavy atom. The lowest BCUT2D eigenvalue weighted by Gasteiger charge is -2.11. The molecule has 2 aromatic heterocycles. The van der Waals surface area contributed by atoms with Gasteiger partial charge in [0.1, 0.15) is 16.4 Å². The van der Waals surface area contributed by atoms with Gasteiger partial charge < -0.3 is 9.47 Å². The first kappa shape index (κ1) is 21.8. The zero-order valence-corrected chi connectivity index (χ0v) is 19.1. The van der Waals surface area contributed by atoms with Crippen molar-refractivity contribution in [1.29, 1.82) is 0 Å². The lowest BCUT2D eigenvalue weighted by molar-refractivity contribution is 0.0600. The minimum absolute atomic E-state index is 0.0215. The van der Waals surface area contributed by atoms with Gasteiger partial charge in [-0.25, -0.2) is 9.78 Å². The smallest absolute Gasteiger partial charge is 0.337 e. The van der Waals surface area contributed by atoms with Crippen molar-refractivity contribution in [1.82, 2.24) is 9.55 Å². The second-order valence-corrected chi connectivity index (χ2v) is 8.39. The normalized spacial score (nSPS) is 11.0. The number of ether oxygens (including phenoxy) is 2. The third-order valence-corrected chi connectivity index (χ3v) is 6.19. The van der Waals surface area contributed by atoms with Crippen molar-refractivity contribution in [3.05, 3.63) is 81.2 Å². The second kappa shape index (κ2) is 9.36. The zero-order valence-electron chi connectivity index (χ0n) is 18.3. The molecule has 0 fully saturated rings. The van der Waals surface area contributed by atoms with Crippen molar-refractivity contribution in [3.63, 3.8) is 0 Å². The van der Waals surface area contributed by atoms with E-state index in [4.69, 9.17) is 9.47 Å². The van der Waals surface area contributed by atoms with E-state index in [-0.39, 0.29) is 11.5 Å². The Hall–Kier alpha value is -3.45. The number of aryl methyl sites for hydroxylation is 2. The largest absolute Gasteiger partial charge is 0.494 e. The van der Waals surface area contributed by atoms with E-state index in [1.54, 1.807) is 28.8 Å². The first-order valence-corrected chi connectivity index (χ1v) is 11.2. The van der Waals surface area contributed by atoms with E-state index in [9.17, 15) is 9.59 Å². The third-order valence-electron chi connectivity index (χ3n) is 5.32. The Bertz CT molecular complexity index is 1310. The summed E-state index contributed by atoms with van der Waals surface area (Å²) in [5.41, 5.74) is 3.58. The Labute approximate surface area is 190 Å². The predicted octanol–water partition coefficient (Wildman–Crippen LogP) is 5.00. The van der Waals surface area contributed by atoms with Crippen molar-refractivity contribution in [3.8, 4) is 16.9 Å². The molecule has 0 spiro atoms. The van der Waals surface area contributed by atoms with Gasteiger partial charge >= 0.3 is 5.97 Å². The molecular formula is C25H24N2O4S. The molecule has 0 aliphatic carbocycles. The van der Waals surface area contributed by atoms with Gasteiger partial charge in [0.15, 0.2) is 0 Å². The van der Waals surface area contributed by atoms with E-state index in [0.29, 0.717) is 42.1 Å². The lowest BCUT2D eigenvalue weighted by Crippen LogP contribution is -2.24. The molecule has 0 unspecified atom stereocenters. The standard InChI is InChI=1S/C25H24N2O4S/c1-16-5-7-18(8-6-16)21-15-32-23-22(21)24(28)27(17(2)26-23)13-4-14-31-20-11-9-19(10-12-20)25(29)30-3/h5-12,15H,4,13-14H2,1-3H3. The van der Waals surface area contributed by atoms with E-state index in [1.165, 1.54) is 24.0 Å². The Kier molecular flexibility index (Phi) is 6.37. The number of carbonyl (C=O) groups excluding carboxylic acids is 1. The number of thiophene rings is 1. The van der Waals surface area contributed by atoms with Crippen molar-refractivity contribution in [2.45, 2.75) is 26.8 Å². The van der Waals surface area contributed by atoms with Gasteiger partial charge in [-0.2, -0.15) is 0 Å². The molecule has 0 aliphatic rings. The van der Waals surface area contributed by atoms with E-state index in [0.717, 1.165) is 16.0 Å². The maximum atomic E-state index is 13.3. The average molecular weight is 449 g/mol. The van der Waals surface area contributed by atoms with Crippen LogP contribution in [-0.4, -0.2) is 29.2 Å². The molecule has 4 aromatic rings. The Morgan fingerprint density at radius 3 is 2.47 bits per heavy atom. The Morgan fingerprint density at radius 2 is 1.78 bits per heavy atom. The summed E-state index contributed by atoms with van der Waals surface area (Å²) in [5.74, 6) is 0.977. The van der Waals surface area contributed by atoms with Gasteiger partial charge in [-0.1, -0.05) is 29.8 Å². The molecule has 7 heteroatoms. The van der Waals surface area contributed by atoms with E-state index >= 15 is 0 Å². The molecule has 32 heavy (non-hydrogen) atoms. The predicted molar refractivity (Wildman–Crippen MR) is 127 cm³/mol. The van der Waals surface area contributed by atoms with Crippen LogP contribution in [0.3, 0.4) is 0 Å². The maximum Gasteiger partial charge on any atom is 0.337 e. The van der Waals surface area contributed by atoms with Gasteiger partial charge in [0.05, 0.1) is 24.7 Å². The monoisotopic (exact) mass is 448 g/mol. The quantitative estimate of drug-likeness (QED) is 0.294. The number of carbonyl (C=O) groups is 1. The SMILES string of the molecule is COC(=O)c1ccc(OCCCn2c(C)nc3scc(-c4ccc(C)cc4)c3c2=O)cc1. The molecule has 6 nitrogen and oxygen atoms in total. The van der Waals surface area contributed by atoms with Crippen molar-refractivity contribution < 1.29 is 14.3 Å². The molecule has 0 saturated carbocycles. The van der Waals surface area contributed by atoms with Gasteiger partial charge in [0.25, 0.3) is 5.56 Å². The van der Waals surface area contributed by atoms with Crippen LogP contribution in [-0.2, 0) is 11.3 Å². The van der Waals surface area contributed by atoms with Crippen LogP contribution in [0.2, 0.25) is 0 Å². The minimum atomic E-state index is -0.382. The number of hydrogen-bond donors (Lipinski definition) is 0. The van der Waals surface area contributed by atoms with Gasteiger partial charge in [0, 0.05) is 17.5 Å². The molecule has 0 aliphatic heterocycles. The molecule has 0 bridgehead atoms. The molecule has 0 amide bonds. The summed E-state index contributed by atoms with van der Waals surface area (Å²) >= 11 is 1.50. The fraction of sp³-hybridized carbons (Fsp3) is 0.240. The number of aromatic nitrogens is 2. The van der Waals surface area contributed by atoms with Crippen LogP contribution in [0.15, 0.2) is 58.7 Å². The van der Waals surface area contributed by atoms with Crippen molar-refractivity contribution >= 4 is 27.5 Å². The molecule has 2 aromatic carbocycles. The van der Waals surface area contributed by atoms with E-state index < -0.39 is 0 Å². The summed E-state index contributed by atoms with van der Waals surface area (Å²) in [5, 5.41) is 2.68. The Balaban J connectivity index is 1.48. The summed E-state index contributed by atoms with van der Waals surface area (Å²) in [4.78, 5) is 30.3. The van der Waals surface area contributed by atoms with Gasteiger partial charge in [0.2, 0.25) is 0 Å². The zero-order chi connectivity index (χ0) is 22.7. The molecule has 2 heterocycles. The van der Waals surface area contributed by atoms with Crippen LogP contribution in [0.4, 0.5) is 0 Å². The molecule has 0 atom stereocenters.